The van der Waals surface area contributed by atoms with E-state index in [0.717, 1.165) is 65.4 Å². The summed E-state index contributed by atoms with van der Waals surface area (Å²) >= 11 is 0. The SMILES string of the molecule is CC.CC.CC(=O)c1ccnc(C)c1N=C(C)c1ccc(C)cc1.CCCN1CCOCC1.CC[C@H]1CC2CC[C@]34CC3(C)C214. The summed E-state index contributed by atoms with van der Waals surface area (Å²) in [5, 5.41) is 0. The van der Waals surface area contributed by atoms with E-state index in [1.165, 1.54) is 30.9 Å². The Morgan fingerprint density at radius 2 is 1.67 bits per heavy atom. The fourth-order valence-corrected chi connectivity index (χ4v) is 9.31. The van der Waals surface area contributed by atoms with Gasteiger partial charge in [0, 0.05) is 30.6 Å². The van der Waals surface area contributed by atoms with Crippen LogP contribution in [0.15, 0.2) is 41.5 Å². The molecule has 4 saturated carbocycles. The number of carbonyl (C=O) groups is 1. The predicted octanol–water partition coefficient (Wildman–Crippen LogP) is 10.0. The zero-order chi connectivity index (χ0) is 33.4. The standard InChI is InChI=1S/C17H18N2O.C12H18.C7H15NO.2C2H6/c1-11-5-7-15(8-6-11)12(2)19-17-13(3)18-10-9-16(17)14(4)20;1-3-8-6-9-4-5-11-7-10(11,2)12(8,9)11;1-2-3-8-4-6-9-7-5-8;2*1-2/h5-10H,1-4H3;8-9H,3-7H2,1-2H3;2-7H2,1H3;2*1-2H3/t;8-,9?,10?,11-,12?;;;/m.0.../s1. The fourth-order valence-electron chi connectivity index (χ4n) is 9.31. The van der Waals surface area contributed by atoms with E-state index in [1.54, 1.807) is 44.9 Å². The van der Waals surface area contributed by atoms with Crippen LogP contribution in [-0.4, -0.2) is 54.2 Å². The number of hydrogen-bond acceptors (Lipinski definition) is 5. The van der Waals surface area contributed by atoms with Gasteiger partial charge in [-0.3, -0.25) is 19.7 Å². The number of nitrogens with zero attached hydrogens (tertiary/aromatic N) is 3. The van der Waals surface area contributed by atoms with Gasteiger partial charge >= 0.3 is 0 Å². The Morgan fingerprint density at radius 3 is 2.18 bits per heavy atom. The number of rotatable bonds is 6. The summed E-state index contributed by atoms with van der Waals surface area (Å²) in [6, 6.07) is 9.89. The van der Waals surface area contributed by atoms with Gasteiger partial charge < -0.3 is 4.74 Å². The second kappa shape index (κ2) is 16.0. The van der Waals surface area contributed by atoms with Crippen LogP contribution in [0.3, 0.4) is 0 Å². The van der Waals surface area contributed by atoms with Gasteiger partial charge in [-0.05, 0) is 106 Å². The minimum Gasteiger partial charge on any atom is -0.379 e. The summed E-state index contributed by atoms with van der Waals surface area (Å²) in [4.78, 5) is 23.0. The number of benzene rings is 1. The zero-order valence-corrected chi connectivity index (χ0v) is 30.6. The van der Waals surface area contributed by atoms with E-state index in [4.69, 9.17) is 4.74 Å². The Hall–Kier alpha value is -2.37. The summed E-state index contributed by atoms with van der Waals surface area (Å²) in [5.74, 6) is 2.33. The van der Waals surface area contributed by atoms with Crippen molar-refractivity contribution in [3.05, 3.63) is 58.9 Å². The molecule has 0 radical (unpaired) electrons. The predicted molar refractivity (Wildman–Crippen MR) is 191 cm³/mol. The van der Waals surface area contributed by atoms with Crippen LogP contribution in [0.4, 0.5) is 5.69 Å². The molecule has 5 heteroatoms. The van der Waals surface area contributed by atoms with Gasteiger partial charge in [0.15, 0.2) is 5.78 Å². The molecule has 1 aliphatic heterocycles. The highest BCUT2D eigenvalue weighted by Gasteiger charge is 3.02. The molecular formula is C40H63N3O2. The van der Waals surface area contributed by atoms with Gasteiger partial charge in [-0.2, -0.15) is 0 Å². The molecule has 4 aliphatic carbocycles. The van der Waals surface area contributed by atoms with E-state index in [2.05, 4.69) is 54.7 Å². The van der Waals surface area contributed by atoms with Gasteiger partial charge in [0.25, 0.3) is 0 Å². The van der Waals surface area contributed by atoms with Crippen LogP contribution in [-0.2, 0) is 4.74 Å². The lowest BCUT2D eigenvalue weighted by Gasteiger charge is -2.50. The van der Waals surface area contributed by atoms with E-state index in [9.17, 15) is 4.79 Å². The molecule has 1 aromatic carbocycles. The molecule has 5 atom stereocenters. The second-order valence-electron chi connectivity index (χ2n) is 13.4. The van der Waals surface area contributed by atoms with Crippen molar-refractivity contribution in [1.82, 2.24) is 9.88 Å². The fraction of sp³-hybridized carbons (Fsp3) is 0.675. The number of pyridine rings is 1. The molecule has 0 amide bonds. The number of morpholine rings is 1. The van der Waals surface area contributed by atoms with E-state index in [-0.39, 0.29) is 5.78 Å². The van der Waals surface area contributed by atoms with Crippen molar-refractivity contribution >= 4 is 17.2 Å². The maximum absolute atomic E-state index is 11.7. The van der Waals surface area contributed by atoms with Crippen LogP contribution in [0.1, 0.15) is 128 Å². The lowest BCUT2D eigenvalue weighted by Crippen LogP contribution is -2.43. The van der Waals surface area contributed by atoms with Crippen molar-refractivity contribution in [2.45, 2.75) is 115 Å². The first kappa shape index (κ1) is 37.1. The molecule has 5 nitrogen and oxygen atoms in total. The summed E-state index contributed by atoms with van der Waals surface area (Å²) in [7, 11) is 0. The molecule has 250 valence electrons. The molecule has 1 aromatic heterocycles. The number of carbonyl (C=O) groups excluding carboxylic acids is 1. The summed E-state index contributed by atoms with van der Waals surface area (Å²) in [6.07, 6.45) is 10.8. The monoisotopic (exact) mass is 617 g/mol. The van der Waals surface area contributed by atoms with Crippen molar-refractivity contribution in [3.8, 4) is 0 Å². The summed E-state index contributed by atoms with van der Waals surface area (Å²) in [5.41, 5.74) is 7.94. The normalized spacial score (nSPS) is 30.0. The Kier molecular flexibility index (Phi) is 13.2. The molecule has 2 aromatic rings. The maximum atomic E-state index is 11.7. The molecule has 3 unspecified atom stereocenters. The van der Waals surface area contributed by atoms with Crippen molar-refractivity contribution in [1.29, 1.82) is 0 Å². The summed E-state index contributed by atoms with van der Waals surface area (Å²) in [6.45, 7) is 28.0. The minimum absolute atomic E-state index is 0.00551. The Bertz CT molecular complexity index is 1280. The Labute approximate surface area is 275 Å². The average molecular weight is 618 g/mol. The van der Waals surface area contributed by atoms with E-state index >= 15 is 0 Å². The van der Waals surface area contributed by atoms with Gasteiger partial charge in [-0.25, -0.2) is 0 Å². The molecule has 1 saturated heterocycles. The lowest BCUT2D eigenvalue weighted by atomic mass is 9.54. The third-order valence-corrected chi connectivity index (χ3v) is 11.4. The van der Waals surface area contributed by atoms with Crippen molar-refractivity contribution < 1.29 is 9.53 Å². The highest BCUT2D eigenvalue weighted by Crippen LogP contribution is 3.08. The first-order valence-corrected chi connectivity index (χ1v) is 18.0. The summed E-state index contributed by atoms with van der Waals surface area (Å²) < 4.78 is 5.20. The number of aromatic nitrogens is 1. The van der Waals surface area contributed by atoms with E-state index in [1.807, 2.05) is 53.7 Å². The molecule has 0 N–H and O–H groups in total. The molecule has 2 spiro atoms. The van der Waals surface area contributed by atoms with Gasteiger partial charge in [0.2, 0.25) is 0 Å². The number of aliphatic imine (C=N–C) groups is 1. The number of ketones is 1. The topological polar surface area (TPSA) is 54.8 Å². The van der Waals surface area contributed by atoms with Gasteiger partial charge in [0.05, 0.1) is 24.6 Å². The molecule has 45 heavy (non-hydrogen) atoms. The molecule has 2 heterocycles. The first-order chi connectivity index (χ1) is 21.6. The third kappa shape index (κ3) is 6.86. The van der Waals surface area contributed by atoms with Crippen LogP contribution >= 0.6 is 0 Å². The Balaban J connectivity index is 0.000000187. The van der Waals surface area contributed by atoms with E-state index < -0.39 is 0 Å². The maximum Gasteiger partial charge on any atom is 0.162 e. The molecule has 0 bridgehead atoms. The Morgan fingerprint density at radius 1 is 1.02 bits per heavy atom. The molecule has 5 fully saturated rings. The number of Topliss-reactive ketones (excluding diaryl/α,β-unsaturated/α-hetero) is 1. The smallest absolute Gasteiger partial charge is 0.162 e. The highest BCUT2D eigenvalue weighted by molar-refractivity contribution is 6.04. The number of aryl methyl sites for hydroxylation is 2. The van der Waals surface area contributed by atoms with Crippen LogP contribution in [0, 0.1) is 41.9 Å². The van der Waals surface area contributed by atoms with Crippen LogP contribution in [0.2, 0.25) is 0 Å². The van der Waals surface area contributed by atoms with Crippen molar-refractivity contribution in [2.75, 3.05) is 32.8 Å². The van der Waals surface area contributed by atoms with Crippen LogP contribution in [0.25, 0.3) is 0 Å². The first-order valence-electron chi connectivity index (χ1n) is 18.0. The molecular weight excluding hydrogens is 554 g/mol. The number of ether oxygens (including phenoxy) is 1. The quantitative estimate of drug-likeness (QED) is 0.239. The minimum atomic E-state index is 0.00551. The molecule has 5 aliphatic rings. The van der Waals surface area contributed by atoms with Gasteiger partial charge in [-0.15, -0.1) is 0 Å². The van der Waals surface area contributed by atoms with Gasteiger partial charge in [-0.1, -0.05) is 84.7 Å². The van der Waals surface area contributed by atoms with Crippen molar-refractivity contribution in [2.24, 2.45) is 33.1 Å². The largest absolute Gasteiger partial charge is 0.379 e. The lowest BCUT2D eigenvalue weighted by molar-refractivity contribution is -0.0189. The zero-order valence-electron chi connectivity index (χ0n) is 30.6. The molecule has 7 rings (SSSR count). The van der Waals surface area contributed by atoms with Crippen molar-refractivity contribution in [3.63, 3.8) is 0 Å². The van der Waals surface area contributed by atoms with E-state index in [0.29, 0.717) is 11.3 Å². The average Bonchev–Trinajstić information content (AvgIpc) is 3.78. The third-order valence-electron chi connectivity index (χ3n) is 11.4. The number of hydrogen-bond donors (Lipinski definition) is 0. The van der Waals surface area contributed by atoms with Crippen LogP contribution < -0.4 is 0 Å². The highest BCUT2D eigenvalue weighted by atomic mass is 16.5. The van der Waals surface area contributed by atoms with Gasteiger partial charge in [0.1, 0.15) is 0 Å². The second-order valence-corrected chi connectivity index (χ2v) is 13.4. The van der Waals surface area contributed by atoms with Crippen LogP contribution in [0.5, 0.6) is 0 Å².